The van der Waals surface area contributed by atoms with Crippen molar-refractivity contribution in [2.24, 2.45) is 5.92 Å². The third-order valence-electron chi connectivity index (χ3n) is 6.51. The van der Waals surface area contributed by atoms with Crippen LogP contribution in [-0.4, -0.2) is 73.1 Å². The van der Waals surface area contributed by atoms with Gasteiger partial charge in [0.25, 0.3) is 0 Å². The first-order chi connectivity index (χ1) is 16.2. The molecule has 9 heteroatoms. The zero-order valence-electron chi connectivity index (χ0n) is 18.6. The third kappa shape index (κ3) is 5.09. The minimum atomic E-state index is -0.165. The molecule has 2 fully saturated rings. The highest BCUT2D eigenvalue weighted by Gasteiger charge is 2.27. The fraction of sp³-hybridized carbons (Fsp3) is 0.458. The summed E-state index contributed by atoms with van der Waals surface area (Å²) in [6, 6.07) is 10.8. The van der Waals surface area contributed by atoms with E-state index in [2.05, 4.69) is 25.0 Å². The lowest BCUT2D eigenvalue weighted by atomic mass is 9.97. The second-order valence-electron chi connectivity index (χ2n) is 8.68. The van der Waals surface area contributed by atoms with Crippen molar-refractivity contribution < 1.29 is 9.18 Å². The number of halogens is 1. The van der Waals surface area contributed by atoms with Gasteiger partial charge in [-0.05, 0) is 37.1 Å². The van der Waals surface area contributed by atoms with E-state index in [-0.39, 0.29) is 17.6 Å². The fourth-order valence-corrected chi connectivity index (χ4v) is 5.60. The van der Waals surface area contributed by atoms with Gasteiger partial charge in [-0.25, -0.2) is 14.4 Å². The minimum Gasteiger partial charge on any atom is -0.367 e. The molecule has 0 saturated carbocycles. The number of pyridine rings is 1. The number of hydrogen-bond acceptors (Lipinski definition) is 7. The quantitative estimate of drug-likeness (QED) is 0.600. The molecule has 3 aromatic rings. The van der Waals surface area contributed by atoms with Gasteiger partial charge in [-0.1, -0.05) is 23.5 Å². The Labute approximate surface area is 197 Å². The van der Waals surface area contributed by atoms with Crippen LogP contribution >= 0.6 is 11.3 Å². The number of amides is 1. The summed E-state index contributed by atoms with van der Waals surface area (Å²) in [6.07, 6.45) is 3.68. The molecule has 1 N–H and O–H groups in total. The molecule has 2 saturated heterocycles. The van der Waals surface area contributed by atoms with Crippen molar-refractivity contribution in [3.8, 4) is 0 Å². The summed E-state index contributed by atoms with van der Waals surface area (Å²) in [5.41, 5.74) is 1.59. The van der Waals surface area contributed by atoms with Gasteiger partial charge < -0.3 is 15.1 Å². The average molecular weight is 469 g/mol. The molecule has 7 nitrogen and oxygen atoms in total. The second-order valence-corrected chi connectivity index (χ2v) is 9.64. The highest BCUT2D eigenvalue weighted by molar-refractivity contribution is 7.21. The molecule has 5 rings (SSSR count). The summed E-state index contributed by atoms with van der Waals surface area (Å²) in [4.78, 5) is 29.5. The molecule has 1 atom stereocenters. The molecule has 0 bridgehead atoms. The number of aromatic nitrogens is 2. The summed E-state index contributed by atoms with van der Waals surface area (Å²) in [7, 11) is 0. The van der Waals surface area contributed by atoms with Crippen molar-refractivity contribution in [3.63, 3.8) is 0 Å². The molecular formula is C24H29FN6OS. The zero-order valence-corrected chi connectivity index (χ0v) is 19.4. The van der Waals surface area contributed by atoms with Gasteiger partial charge in [0.05, 0.1) is 11.6 Å². The summed E-state index contributed by atoms with van der Waals surface area (Å²) < 4.78 is 14.0. The van der Waals surface area contributed by atoms with Gasteiger partial charge in [-0.15, -0.1) is 0 Å². The van der Waals surface area contributed by atoms with E-state index < -0.39 is 0 Å². The maximum absolute atomic E-state index is 14.0. The van der Waals surface area contributed by atoms with Crippen LogP contribution in [0.1, 0.15) is 12.8 Å². The largest absolute Gasteiger partial charge is 0.367 e. The van der Waals surface area contributed by atoms with Crippen molar-refractivity contribution >= 4 is 38.4 Å². The lowest BCUT2D eigenvalue weighted by Crippen LogP contribution is -2.49. The van der Waals surface area contributed by atoms with E-state index in [1.165, 1.54) is 6.07 Å². The van der Waals surface area contributed by atoms with Crippen LogP contribution in [0, 0.1) is 11.7 Å². The second kappa shape index (κ2) is 10.0. The van der Waals surface area contributed by atoms with E-state index in [1.54, 1.807) is 23.6 Å². The number of fused-ring (bicyclic) bond motifs is 1. The van der Waals surface area contributed by atoms with Crippen molar-refractivity contribution in [1.29, 1.82) is 0 Å². The Morgan fingerprint density at radius 3 is 2.76 bits per heavy atom. The number of nitrogens with zero attached hydrogens (tertiary/aromatic N) is 5. The first-order valence-corrected chi connectivity index (χ1v) is 12.4. The van der Waals surface area contributed by atoms with Crippen LogP contribution in [0.2, 0.25) is 0 Å². The molecule has 0 unspecified atom stereocenters. The van der Waals surface area contributed by atoms with E-state index >= 15 is 0 Å². The number of benzene rings is 1. The molecule has 0 aliphatic carbocycles. The molecule has 0 radical (unpaired) electrons. The number of carbonyl (C=O) groups excluding carboxylic acids is 1. The van der Waals surface area contributed by atoms with Gasteiger partial charge in [0.15, 0.2) is 5.13 Å². The van der Waals surface area contributed by atoms with Crippen molar-refractivity contribution in [1.82, 2.24) is 20.2 Å². The molecule has 4 heterocycles. The van der Waals surface area contributed by atoms with E-state index in [4.69, 9.17) is 4.98 Å². The number of hydrogen-bond donors (Lipinski definition) is 1. The van der Waals surface area contributed by atoms with Crippen molar-refractivity contribution in [2.45, 2.75) is 12.8 Å². The number of piperazine rings is 1. The number of carbonyl (C=O) groups is 1. The maximum Gasteiger partial charge on any atom is 0.224 e. The number of piperidine rings is 1. The Morgan fingerprint density at radius 1 is 1.09 bits per heavy atom. The number of nitrogens with one attached hydrogen (secondary N) is 1. The molecule has 1 amide bonds. The first-order valence-electron chi connectivity index (χ1n) is 11.6. The fourth-order valence-electron chi connectivity index (χ4n) is 4.66. The lowest BCUT2D eigenvalue weighted by molar-refractivity contribution is -0.125. The molecule has 174 valence electrons. The van der Waals surface area contributed by atoms with E-state index in [9.17, 15) is 9.18 Å². The molecule has 0 spiro atoms. The van der Waals surface area contributed by atoms with E-state index in [0.29, 0.717) is 18.8 Å². The lowest BCUT2D eigenvalue weighted by Gasteiger charge is -2.36. The highest BCUT2D eigenvalue weighted by Crippen LogP contribution is 2.30. The number of thiazole rings is 1. The standard InChI is InChI=1S/C24H29FN6OS/c25-19-6-1-2-8-21(19)30-15-13-29(14-16-30)12-10-26-22(32)18-5-4-11-31(17-18)24-28-20-7-3-9-27-23(20)33-24/h1-3,6-9,18H,4-5,10-17H2,(H,26,32)/t18-/m1/s1. The van der Waals surface area contributed by atoms with E-state index in [1.807, 2.05) is 24.3 Å². The van der Waals surface area contributed by atoms with Gasteiger partial charge in [0, 0.05) is 58.6 Å². The van der Waals surface area contributed by atoms with Gasteiger partial charge in [0.1, 0.15) is 16.2 Å². The Kier molecular flexibility index (Phi) is 6.68. The highest BCUT2D eigenvalue weighted by atomic mass is 32.1. The van der Waals surface area contributed by atoms with Gasteiger partial charge in [-0.2, -0.15) is 0 Å². The summed E-state index contributed by atoms with van der Waals surface area (Å²) in [6.45, 7) is 6.41. The number of rotatable bonds is 6. The SMILES string of the molecule is O=C(NCCN1CCN(c2ccccc2F)CC1)[C@@H]1CCCN(c2nc3cccnc3s2)C1. The van der Waals surface area contributed by atoms with Gasteiger partial charge in [0.2, 0.25) is 5.91 Å². The minimum absolute atomic E-state index is 0.0170. The van der Waals surface area contributed by atoms with Crippen LogP contribution in [0.3, 0.4) is 0 Å². The van der Waals surface area contributed by atoms with Crippen LogP contribution in [0.15, 0.2) is 42.6 Å². The predicted molar refractivity (Wildman–Crippen MR) is 130 cm³/mol. The van der Waals surface area contributed by atoms with Crippen LogP contribution in [0.4, 0.5) is 15.2 Å². The van der Waals surface area contributed by atoms with Crippen LogP contribution in [-0.2, 0) is 4.79 Å². The molecule has 1 aromatic carbocycles. The summed E-state index contributed by atoms with van der Waals surface area (Å²) in [5, 5.41) is 4.09. The monoisotopic (exact) mass is 468 g/mol. The topological polar surface area (TPSA) is 64.6 Å². The summed E-state index contributed by atoms with van der Waals surface area (Å²) >= 11 is 1.59. The zero-order chi connectivity index (χ0) is 22.6. The maximum atomic E-state index is 14.0. The molecule has 33 heavy (non-hydrogen) atoms. The summed E-state index contributed by atoms with van der Waals surface area (Å²) in [5.74, 6) is -0.0533. The van der Waals surface area contributed by atoms with Gasteiger partial charge >= 0.3 is 0 Å². The molecule has 2 aromatic heterocycles. The molecular weight excluding hydrogens is 439 g/mol. The van der Waals surface area contributed by atoms with E-state index in [0.717, 1.165) is 67.6 Å². The van der Waals surface area contributed by atoms with Crippen molar-refractivity contribution in [2.75, 3.05) is 62.2 Å². The Morgan fingerprint density at radius 2 is 1.94 bits per heavy atom. The van der Waals surface area contributed by atoms with Crippen LogP contribution in [0.25, 0.3) is 10.3 Å². The Hall–Kier alpha value is -2.78. The average Bonchev–Trinajstić information content (AvgIpc) is 3.29. The number of para-hydroxylation sites is 1. The predicted octanol–water partition coefficient (Wildman–Crippen LogP) is 2.99. The van der Waals surface area contributed by atoms with Crippen molar-refractivity contribution in [3.05, 3.63) is 48.4 Å². The smallest absolute Gasteiger partial charge is 0.224 e. The number of anilines is 2. The third-order valence-corrected chi connectivity index (χ3v) is 7.55. The first kappa shape index (κ1) is 22.0. The normalized spacial score (nSPS) is 19.7. The Balaban J connectivity index is 1.07. The molecule has 2 aliphatic rings. The van der Waals surface area contributed by atoms with Gasteiger partial charge in [-0.3, -0.25) is 9.69 Å². The Bertz CT molecular complexity index is 1070. The van der Waals surface area contributed by atoms with Crippen LogP contribution in [0.5, 0.6) is 0 Å². The van der Waals surface area contributed by atoms with Crippen LogP contribution < -0.4 is 15.1 Å². The molecule has 2 aliphatic heterocycles.